The lowest BCUT2D eigenvalue weighted by molar-refractivity contribution is 0.652. The molecular formula is C18H24N6. The first-order valence-corrected chi connectivity index (χ1v) is 8.43. The maximum atomic E-state index is 5.81. The summed E-state index contributed by atoms with van der Waals surface area (Å²) in [6.45, 7) is 5.25. The van der Waals surface area contributed by atoms with E-state index in [0.717, 1.165) is 48.5 Å². The zero-order chi connectivity index (χ0) is 16.8. The number of anilines is 2. The standard InChI is InChI=1S/C18H24N6/c1-2-8-20-9-4-10-21-15-6-3-5-14(12-15)16-13-22-24-11-7-17(19)23-18(16)24/h3,5-7,11-13,20-21H,2,4,8-10H2,1H3,(H2,19,23). The van der Waals surface area contributed by atoms with Crippen LogP contribution in [0, 0.1) is 0 Å². The van der Waals surface area contributed by atoms with Gasteiger partial charge in [-0.3, -0.25) is 0 Å². The molecule has 1 aromatic carbocycles. The number of nitrogens with zero attached hydrogens (tertiary/aromatic N) is 3. The minimum Gasteiger partial charge on any atom is -0.385 e. The maximum Gasteiger partial charge on any atom is 0.165 e. The number of aromatic nitrogens is 3. The maximum absolute atomic E-state index is 5.81. The van der Waals surface area contributed by atoms with Gasteiger partial charge in [-0.15, -0.1) is 0 Å². The molecule has 0 saturated carbocycles. The lowest BCUT2D eigenvalue weighted by atomic mass is 10.1. The lowest BCUT2D eigenvalue weighted by Gasteiger charge is -2.08. The zero-order valence-corrected chi connectivity index (χ0v) is 14.0. The van der Waals surface area contributed by atoms with Gasteiger partial charge in [0.15, 0.2) is 5.65 Å². The summed E-state index contributed by atoms with van der Waals surface area (Å²) in [5.74, 6) is 0.498. The Morgan fingerprint density at radius 2 is 2.08 bits per heavy atom. The van der Waals surface area contributed by atoms with Crippen molar-refractivity contribution in [3.05, 3.63) is 42.7 Å². The molecule has 24 heavy (non-hydrogen) atoms. The van der Waals surface area contributed by atoms with Crippen LogP contribution in [0.1, 0.15) is 19.8 Å². The van der Waals surface area contributed by atoms with Crippen LogP contribution in [0.3, 0.4) is 0 Å². The number of benzene rings is 1. The molecule has 2 aromatic heterocycles. The Labute approximate surface area is 142 Å². The van der Waals surface area contributed by atoms with Gasteiger partial charge in [-0.05, 0) is 49.7 Å². The Balaban J connectivity index is 1.69. The predicted octanol–water partition coefficient (Wildman–Crippen LogP) is 2.78. The van der Waals surface area contributed by atoms with Gasteiger partial charge in [0, 0.05) is 24.0 Å². The molecule has 0 atom stereocenters. The first-order chi connectivity index (χ1) is 11.8. The molecule has 0 amide bonds. The Morgan fingerprint density at radius 1 is 1.17 bits per heavy atom. The molecule has 0 saturated heterocycles. The summed E-state index contributed by atoms with van der Waals surface area (Å²) in [6, 6.07) is 10.1. The van der Waals surface area contributed by atoms with E-state index in [1.54, 1.807) is 10.6 Å². The van der Waals surface area contributed by atoms with Gasteiger partial charge < -0.3 is 16.4 Å². The van der Waals surface area contributed by atoms with E-state index in [-0.39, 0.29) is 0 Å². The van der Waals surface area contributed by atoms with Crippen LogP contribution in [0.15, 0.2) is 42.7 Å². The third-order valence-electron chi connectivity index (χ3n) is 3.85. The van der Waals surface area contributed by atoms with Crippen molar-refractivity contribution >= 4 is 17.2 Å². The monoisotopic (exact) mass is 324 g/mol. The fourth-order valence-corrected chi connectivity index (χ4v) is 2.63. The van der Waals surface area contributed by atoms with E-state index in [4.69, 9.17) is 5.73 Å². The highest BCUT2D eigenvalue weighted by Crippen LogP contribution is 2.26. The fourth-order valence-electron chi connectivity index (χ4n) is 2.63. The van der Waals surface area contributed by atoms with Crippen molar-refractivity contribution in [3.8, 4) is 11.1 Å². The van der Waals surface area contributed by atoms with E-state index in [2.05, 4.69) is 45.8 Å². The van der Waals surface area contributed by atoms with Crippen LogP contribution in [-0.4, -0.2) is 34.2 Å². The van der Waals surface area contributed by atoms with Gasteiger partial charge in [0.2, 0.25) is 0 Å². The summed E-state index contributed by atoms with van der Waals surface area (Å²) < 4.78 is 1.74. The molecule has 4 N–H and O–H groups in total. The van der Waals surface area contributed by atoms with Gasteiger partial charge in [-0.25, -0.2) is 9.50 Å². The van der Waals surface area contributed by atoms with Crippen LogP contribution in [0.4, 0.5) is 11.5 Å². The molecule has 0 radical (unpaired) electrons. The smallest absolute Gasteiger partial charge is 0.165 e. The van der Waals surface area contributed by atoms with Crippen molar-refractivity contribution in [2.45, 2.75) is 19.8 Å². The summed E-state index contributed by atoms with van der Waals surface area (Å²) in [5, 5.41) is 11.2. The highest BCUT2D eigenvalue weighted by molar-refractivity contribution is 5.79. The van der Waals surface area contributed by atoms with Crippen LogP contribution in [0.2, 0.25) is 0 Å². The molecule has 0 unspecified atom stereocenters. The lowest BCUT2D eigenvalue weighted by Crippen LogP contribution is -2.18. The molecule has 0 aliphatic carbocycles. The van der Waals surface area contributed by atoms with Crippen LogP contribution < -0.4 is 16.4 Å². The van der Waals surface area contributed by atoms with Crippen molar-refractivity contribution in [3.63, 3.8) is 0 Å². The molecule has 126 valence electrons. The summed E-state index contributed by atoms with van der Waals surface area (Å²) >= 11 is 0. The number of hydrogen-bond donors (Lipinski definition) is 3. The van der Waals surface area contributed by atoms with Gasteiger partial charge in [0.1, 0.15) is 5.82 Å². The minimum atomic E-state index is 0.498. The highest BCUT2D eigenvalue weighted by atomic mass is 15.2. The number of nitrogen functional groups attached to an aromatic ring is 1. The molecule has 0 bridgehead atoms. The highest BCUT2D eigenvalue weighted by Gasteiger charge is 2.08. The van der Waals surface area contributed by atoms with Gasteiger partial charge in [-0.1, -0.05) is 19.1 Å². The van der Waals surface area contributed by atoms with E-state index < -0.39 is 0 Å². The van der Waals surface area contributed by atoms with Crippen LogP contribution in [0.25, 0.3) is 16.8 Å². The number of fused-ring (bicyclic) bond motifs is 1. The number of nitrogens with one attached hydrogen (secondary N) is 2. The van der Waals surface area contributed by atoms with Crippen molar-refractivity contribution in [2.75, 3.05) is 30.7 Å². The molecule has 0 aliphatic rings. The minimum absolute atomic E-state index is 0.498. The summed E-state index contributed by atoms with van der Waals surface area (Å²) in [6.07, 6.45) is 5.93. The molecular weight excluding hydrogens is 300 g/mol. The Hall–Kier alpha value is -2.60. The summed E-state index contributed by atoms with van der Waals surface area (Å²) in [5.41, 5.74) is 9.74. The molecule has 0 fully saturated rings. The van der Waals surface area contributed by atoms with Crippen LogP contribution in [0.5, 0.6) is 0 Å². The average Bonchev–Trinajstić information content (AvgIpc) is 3.01. The second kappa shape index (κ2) is 7.79. The van der Waals surface area contributed by atoms with Crippen molar-refractivity contribution < 1.29 is 0 Å². The first-order valence-electron chi connectivity index (χ1n) is 8.43. The van der Waals surface area contributed by atoms with Crippen LogP contribution in [-0.2, 0) is 0 Å². The molecule has 0 aliphatic heterocycles. The second-order valence-corrected chi connectivity index (χ2v) is 5.79. The molecule has 6 nitrogen and oxygen atoms in total. The summed E-state index contributed by atoms with van der Waals surface area (Å²) in [7, 11) is 0. The SMILES string of the molecule is CCCNCCCNc1cccc(-c2cnn3ccc(N)nc23)c1. The van der Waals surface area contributed by atoms with Crippen molar-refractivity contribution in [2.24, 2.45) is 0 Å². The molecule has 2 heterocycles. The van der Waals surface area contributed by atoms with E-state index in [9.17, 15) is 0 Å². The zero-order valence-electron chi connectivity index (χ0n) is 14.0. The van der Waals surface area contributed by atoms with Gasteiger partial charge in [-0.2, -0.15) is 5.10 Å². The average molecular weight is 324 g/mol. The van der Waals surface area contributed by atoms with Gasteiger partial charge in [0.25, 0.3) is 0 Å². The number of rotatable bonds is 8. The third kappa shape index (κ3) is 3.83. The topological polar surface area (TPSA) is 80.3 Å². The normalized spacial score (nSPS) is 11.0. The van der Waals surface area contributed by atoms with Gasteiger partial charge >= 0.3 is 0 Å². The van der Waals surface area contributed by atoms with E-state index in [1.165, 1.54) is 6.42 Å². The predicted molar refractivity (Wildman–Crippen MR) is 99.1 cm³/mol. The van der Waals surface area contributed by atoms with Crippen molar-refractivity contribution in [1.29, 1.82) is 0 Å². The van der Waals surface area contributed by atoms with E-state index in [1.807, 2.05) is 18.5 Å². The van der Waals surface area contributed by atoms with E-state index in [0.29, 0.717) is 5.82 Å². The van der Waals surface area contributed by atoms with Crippen molar-refractivity contribution in [1.82, 2.24) is 19.9 Å². The molecule has 0 spiro atoms. The first kappa shape index (κ1) is 16.3. The largest absolute Gasteiger partial charge is 0.385 e. The summed E-state index contributed by atoms with van der Waals surface area (Å²) in [4.78, 5) is 4.40. The third-order valence-corrected chi connectivity index (χ3v) is 3.85. The number of hydrogen-bond acceptors (Lipinski definition) is 5. The Bertz CT molecular complexity index is 795. The fraction of sp³-hybridized carbons (Fsp3) is 0.333. The second-order valence-electron chi connectivity index (χ2n) is 5.79. The quantitative estimate of drug-likeness (QED) is 0.555. The van der Waals surface area contributed by atoms with E-state index >= 15 is 0 Å². The Kier molecular flexibility index (Phi) is 5.28. The van der Waals surface area contributed by atoms with Gasteiger partial charge in [0.05, 0.1) is 6.20 Å². The molecule has 6 heteroatoms. The molecule has 3 aromatic rings. The Morgan fingerprint density at radius 3 is 2.96 bits per heavy atom. The number of nitrogens with two attached hydrogens (primary N) is 1. The molecule has 3 rings (SSSR count). The van der Waals surface area contributed by atoms with Crippen LogP contribution >= 0.6 is 0 Å².